The Morgan fingerprint density at radius 3 is 2.71 bits per heavy atom. The van der Waals surface area contributed by atoms with Crippen molar-refractivity contribution < 1.29 is 9.53 Å². The molecule has 1 saturated heterocycles. The smallest absolute Gasteiger partial charge is 0.227 e. The Labute approximate surface area is 102 Å². The predicted molar refractivity (Wildman–Crippen MR) is 64.0 cm³/mol. The van der Waals surface area contributed by atoms with Gasteiger partial charge in [-0.3, -0.25) is 4.79 Å². The van der Waals surface area contributed by atoms with Gasteiger partial charge in [-0.15, -0.1) is 0 Å². The third-order valence-electron chi connectivity index (χ3n) is 3.49. The number of hydrogen-bond donors (Lipinski definition) is 2. The molecule has 5 heteroatoms. The van der Waals surface area contributed by atoms with Crippen LogP contribution in [0.1, 0.15) is 32.6 Å². The molecular weight excluding hydrogens is 218 g/mol. The molecule has 0 radical (unpaired) electrons. The van der Waals surface area contributed by atoms with Gasteiger partial charge in [0.2, 0.25) is 5.91 Å². The number of carbonyl (C=O) groups excluding carboxylic acids is 1. The lowest BCUT2D eigenvalue weighted by molar-refractivity contribution is -0.136. The van der Waals surface area contributed by atoms with Crippen LogP contribution in [-0.2, 0) is 9.53 Å². The largest absolute Gasteiger partial charge is 0.381 e. The Balaban J connectivity index is 2.62. The van der Waals surface area contributed by atoms with Crippen molar-refractivity contribution in [1.82, 2.24) is 5.32 Å². The highest BCUT2D eigenvalue weighted by Gasteiger charge is 2.39. The second-order valence-corrected chi connectivity index (χ2v) is 4.54. The highest BCUT2D eigenvalue weighted by atomic mass is 16.5. The summed E-state index contributed by atoms with van der Waals surface area (Å²) in [4.78, 5) is 12.2. The van der Waals surface area contributed by atoms with Crippen LogP contribution < -0.4 is 11.1 Å². The van der Waals surface area contributed by atoms with Gasteiger partial charge in [0.15, 0.2) is 0 Å². The van der Waals surface area contributed by atoms with E-state index in [0.717, 1.165) is 6.42 Å². The summed E-state index contributed by atoms with van der Waals surface area (Å²) in [5.74, 6) is -0.0228. The summed E-state index contributed by atoms with van der Waals surface area (Å²) in [7, 11) is 0. The molecule has 0 aliphatic carbocycles. The van der Waals surface area contributed by atoms with Crippen molar-refractivity contribution in [3.63, 3.8) is 0 Å². The van der Waals surface area contributed by atoms with Crippen LogP contribution in [0.5, 0.6) is 0 Å². The van der Waals surface area contributed by atoms with Crippen LogP contribution in [0.4, 0.5) is 0 Å². The van der Waals surface area contributed by atoms with Gasteiger partial charge in [0.1, 0.15) is 0 Å². The second-order valence-electron chi connectivity index (χ2n) is 4.54. The van der Waals surface area contributed by atoms with Crippen LogP contribution >= 0.6 is 0 Å². The van der Waals surface area contributed by atoms with Crippen molar-refractivity contribution in [3.05, 3.63) is 0 Å². The number of rotatable bonds is 5. The molecule has 1 unspecified atom stereocenters. The number of nitrogens with zero attached hydrogens (tertiary/aromatic N) is 1. The lowest BCUT2D eigenvalue weighted by Crippen LogP contribution is -2.51. The van der Waals surface area contributed by atoms with Gasteiger partial charge in [0.05, 0.1) is 17.9 Å². The molecule has 1 aliphatic rings. The lowest BCUT2D eigenvalue weighted by atomic mass is 9.79. The SMILES string of the molecule is CCC(CC#N)NC(=O)C1(CN)CCOCC1. The van der Waals surface area contributed by atoms with Crippen molar-refractivity contribution in [3.8, 4) is 6.07 Å². The topological polar surface area (TPSA) is 88.1 Å². The van der Waals surface area contributed by atoms with E-state index in [1.165, 1.54) is 0 Å². The minimum absolute atomic E-state index is 0.0228. The lowest BCUT2D eigenvalue weighted by Gasteiger charge is -2.35. The summed E-state index contributed by atoms with van der Waals surface area (Å²) in [6, 6.07) is 2.02. The Hall–Kier alpha value is -1.12. The van der Waals surface area contributed by atoms with E-state index in [2.05, 4.69) is 11.4 Å². The van der Waals surface area contributed by atoms with Gasteiger partial charge in [-0.1, -0.05) is 6.92 Å². The van der Waals surface area contributed by atoms with Crippen molar-refractivity contribution in [1.29, 1.82) is 5.26 Å². The molecule has 0 aromatic carbocycles. The summed E-state index contributed by atoms with van der Waals surface area (Å²) in [6.07, 6.45) is 2.44. The molecule has 1 fully saturated rings. The maximum atomic E-state index is 12.2. The molecule has 17 heavy (non-hydrogen) atoms. The average Bonchev–Trinajstić information content (AvgIpc) is 2.38. The summed E-state index contributed by atoms with van der Waals surface area (Å²) < 4.78 is 5.27. The predicted octanol–water partition coefficient (Wildman–Crippen LogP) is 0.550. The zero-order valence-corrected chi connectivity index (χ0v) is 10.4. The zero-order chi connectivity index (χ0) is 12.7. The molecule has 1 atom stereocenters. The molecule has 96 valence electrons. The molecule has 5 nitrogen and oxygen atoms in total. The summed E-state index contributed by atoms with van der Waals surface area (Å²) in [6.45, 7) is 3.46. The quantitative estimate of drug-likeness (QED) is 0.733. The fourth-order valence-corrected chi connectivity index (χ4v) is 2.03. The fourth-order valence-electron chi connectivity index (χ4n) is 2.03. The van der Waals surface area contributed by atoms with Crippen LogP contribution in [0.15, 0.2) is 0 Å². The molecule has 0 bridgehead atoms. The van der Waals surface area contributed by atoms with Gasteiger partial charge >= 0.3 is 0 Å². The summed E-state index contributed by atoms with van der Waals surface area (Å²) in [5.41, 5.74) is 5.25. The van der Waals surface area contributed by atoms with Crippen molar-refractivity contribution in [2.75, 3.05) is 19.8 Å². The van der Waals surface area contributed by atoms with Gasteiger partial charge < -0.3 is 15.8 Å². The number of nitrogens with two attached hydrogens (primary N) is 1. The Morgan fingerprint density at radius 1 is 1.59 bits per heavy atom. The molecule has 1 aliphatic heterocycles. The zero-order valence-electron chi connectivity index (χ0n) is 10.4. The first-order valence-electron chi connectivity index (χ1n) is 6.14. The molecule has 3 N–H and O–H groups in total. The fraction of sp³-hybridized carbons (Fsp3) is 0.833. The average molecular weight is 239 g/mol. The Morgan fingerprint density at radius 2 is 2.24 bits per heavy atom. The number of amides is 1. The van der Waals surface area contributed by atoms with Crippen LogP contribution in [0.3, 0.4) is 0 Å². The Kier molecular flexibility index (Phi) is 5.39. The number of ether oxygens (including phenoxy) is 1. The molecule has 0 spiro atoms. The second kappa shape index (κ2) is 6.58. The molecular formula is C12H21N3O2. The number of nitriles is 1. The highest BCUT2D eigenvalue weighted by Crippen LogP contribution is 2.29. The molecule has 0 aromatic rings. The van der Waals surface area contributed by atoms with E-state index in [0.29, 0.717) is 39.0 Å². The third-order valence-corrected chi connectivity index (χ3v) is 3.49. The maximum Gasteiger partial charge on any atom is 0.227 e. The molecule has 1 amide bonds. The van der Waals surface area contributed by atoms with Crippen molar-refractivity contribution in [2.24, 2.45) is 11.1 Å². The summed E-state index contributed by atoms with van der Waals surface area (Å²) >= 11 is 0. The van der Waals surface area contributed by atoms with Gasteiger partial charge in [-0.25, -0.2) is 0 Å². The molecule has 0 saturated carbocycles. The number of carbonyl (C=O) groups is 1. The van der Waals surface area contributed by atoms with E-state index in [1.807, 2.05) is 6.92 Å². The monoisotopic (exact) mass is 239 g/mol. The number of hydrogen-bond acceptors (Lipinski definition) is 4. The van der Waals surface area contributed by atoms with Gasteiger partial charge in [-0.2, -0.15) is 5.26 Å². The summed E-state index contributed by atoms with van der Waals surface area (Å²) in [5, 5.41) is 11.6. The van der Waals surface area contributed by atoms with E-state index in [4.69, 9.17) is 15.7 Å². The van der Waals surface area contributed by atoms with Crippen LogP contribution in [0.25, 0.3) is 0 Å². The minimum atomic E-state index is -0.499. The molecule has 1 heterocycles. The van der Waals surface area contributed by atoms with E-state index < -0.39 is 5.41 Å². The van der Waals surface area contributed by atoms with E-state index in [-0.39, 0.29) is 11.9 Å². The first kappa shape index (κ1) is 13.9. The maximum absolute atomic E-state index is 12.2. The standard InChI is InChI=1S/C12H21N3O2/c1-2-10(3-6-13)15-11(16)12(9-14)4-7-17-8-5-12/h10H,2-5,7-9,14H2,1H3,(H,15,16). The van der Waals surface area contributed by atoms with Crippen molar-refractivity contribution in [2.45, 2.75) is 38.6 Å². The normalized spacial score (nSPS) is 20.3. The molecule has 0 aromatic heterocycles. The van der Waals surface area contributed by atoms with Crippen LogP contribution in [0.2, 0.25) is 0 Å². The van der Waals surface area contributed by atoms with E-state index in [9.17, 15) is 4.79 Å². The van der Waals surface area contributed by atoms with E-state index >= 15 is 0 Å². The van der Waals surface area contributed by atoms with Crippen LogP contribution in [0, 0.1) is 16.7 Å². The minimum Gasteiger partial charge on any atom is -0.381 e. The first-order chi connectivity index (χ1) is 8.18. The first-order valence-corrected chi connectivity index (χ1v) is 6.14. The van der Waals surface area contributed by atoms with Crippen LogP contribution in [-0.4, -0.2) is 31.7 Å². The van der Waals surface area contributed by atoms with Gasteiger partial charge in [0.25, 0.3) is 0 Å². The van der Waals surface area contributed by atoms with Gasteiger partial charge in [0, 0.05) is 25.8 Å². The highest BCUT2D eigenvalue weighted by molar-refractivity contribution is 5.83. The number of nitrogens with one attached hydrogen (secondary N) is 1. The third kappa shape index (κ3) is 3.42. The van der Waals surface area contributed by atoms with Crippen molar-refractivity contribution >= 4 is 5.91 Å². The molecule has 1 rings (SSSR count). The Bertz CT molecular complexity index is 293. The van der Waals surface area contributed by atoms with Gasteiger partial charge in [-0.05, 0) is 19.3 Å². The van der Waals surface area contributed by atoms with E-state index in [1.54, 1.807) is 0 Å².